The van der Waals surface area contributed by atoms with Gasteiger partial charge in [-0.25, -0.2) is 12.8 Å². The van der Waals surface area contributed by atoms with Gasteiger partial charge in [0.05, 0.1) is 5.69 Å². The van der Waals surface area contributed by atoms with Crippen molar-refractivity contribution in [3.8, 4) is 0 Å². The van der Waals surface area contributed by atoms with Crippen molar-refractivity contribution >= 4 is 15.7 Å². The summed E-state index contributed by atoms with van der Waals surface area (Å²) in [7, 11) is -3.69. The topological polar surface area (TPSA) is 63.4 Å². The minimum absolute atomic E-state index is 0.0632. The Hall–Kier alpha value is -1.14. The minimum atomic E-state index is -3.69. The molecular formula is C10H15FN2O2S. The maximum Gasteiger partial charge on any atom is 0.245 e. The molecule has 0 atom stereocenters. The second-order valence-corrected chi connectivity index (χ2v) is 5.18. The van der Waals surface area contributed by atoms with Gasteiger partial charge in [0.15, 0.2) is 0 Å². The number of rotatable bonds is 4. The quantitative estimate of drug-likeness (QED) is 0.818. The maximum atomic E-state index is 13.0. The fourth-order valence-electron chi connectivity index (χ4n) is 1.43. The van der Waals surface area contributed by atoms with Crippen LogP contribution in [0.4, 0.5) is 10.1 Å². The van der Waals surface area contributed by atoms with Gasteiger partial charge < -0.3 is 5.73 Å². The van der Waals surface area contributed by atoms with Crippen molar-refractivity contribution in [1.29, 1.82) is 0 Å². The molecule has 0 saturated carbocycles. The molecule has 0 aliphatic rings. The van der Waals surface area contributed by atoms with Gasteiger partial charge in [-0.1, -0.05) is 13.8 Å². The Morgan fingerprint density at radius 1 is 1.31 bits per heavy atom. The van der Waals surface area contributed by atoms with Gasteiger partial charge in [-0.2, -0.15) is 4.31 Å². The number of nitrogens with zero attached hydrogens (tertiary/aromatic N) is 1. The minimum Gasteiger partial charge on any atom is -0.398 e. The van der Waals surface area contributed by atoms with Crippen molar-refractivity contribution in [2.75, 3.05) is 18.8 Å². The van der Waals surface area contributed by atoms with Crippen LogP contribution < -0.4 is 5.73 Å². The van der Waals surface area contributed by atoms with E-state index in [1.165, 1.54) is 10.4 Å². The molecule has 16 heavy (non-hydrogen) atoms. The third-order valence-corrected chi connectivity index (χ3v) is 4.40. The number of nitrogen functional groups attached to an aromatic ring is 1. The summed E-state index contributed by atoms with van der Waals surface area (Å²) in [6, 6.07) is 3.34. The Bertz CT molecular complexity index is 470. The molecule has 2 N–H and O–H groups in total. The Morgan fingerprint density at radius 3 is 2.38 bits per heavy atom. The van der Waals surface area contributed by atoms with Crippen molar-refractivity contribution in [3.63, 3.8) is 0 Å². The number of hydrogen-bond donors (Lipinski definition) is 1. The lowest BCUT2D eigenvalue weighted by molar-refractivity contribution is 0.445. The SMILES string of the molecule is CCN(CC)S(=O)(=O)c1cc(F)ccc1N. The van der Waals surface area contributed by atoms with E-state index in [1.54, 1.807) is 13.8 Å². The first-order valence-electron chi connectivity index (χ1n) is 4.98. The van der Waals surface area contributed by atoms with Crippen LogP contribution in [0, 0.1) is 5.82 Å². The van der Waals surface area contributed by atoms with Crippen molar-refractivity contribution < 1.29 is 12.8 Å². The van der Waals surface area contributed by atoms with Crippen molar-refractivity contribution in [1.82, 2.24) is 4.31 Å². The highest BCUT2D eigenvalue weighted by Crippen LogP contribution is 2.22. The van der Waals surface area contributed by atoms with Crippen LogP contribution in [0.1, 0.15) is 13.8 Å². The number of hydrogen-bond acceptors (Lipinski definition) is 3. The summed E-state index contributed by atoms with van der Waals surface area (Å²) in [5, 5.41) is 0. The summed E-state index contributed by atoms with van der Waals surface area (Å²) < 4.78 is 38.3. The van der Waals surface area contributed by atoms with E-state index in [-0.39, 0.29) is 10.6 Å². The molecule has 0 aromatic heterocycles. The van der Waals surface area contributed by atoms with Gasteiger partial charge in [-0.3, -0.25) is 0 Å². The molecule has 90 valence electrons. The van der Waals surface area contributed by atoms with Gasteiger partial charge in [0, 0.05) is 13.1 Å². The number of nitrogens with two attached hydrogens (primary N) is 1. The lowest BCUT2D eigenvalue weighted by atomic mass is 10.3. The van der Waals surface area contributed by atoms with Crippen LogP contribution in [0.3, 0.4) is 0 Å². The summed E-state index contributed by atoms with van der Waals surface area (Å²) >= 11 is 0. The highest BCUT2D eigenvalue weighted by atomic mass is 32.2. The van der Waals surface area contributed by atoms with E-state index >= 15 is 0 Å². The fraction of sp³-hybridized carbons (Fsp3) is 0.400. The number of benzene rings is 1. The van der Waals surface area contributed by atoms with Crippen LogP contribution in [0.5, 0.6) is 0 Å². The van der Waals surface area contributed by atoms with Crippen molar-refractivity contribution in [3.05, 3.63) is 24.0 Å². The van der Waals surface area contributed by atoms with Crippen LogP contribution in [0.2, 0.25) is 0 Å². The van der Waals surface area contributed by atoms with Crippen LogP contribution in [0.15, 0.2) is 23.1 Å². The van der Waals surface area contributed by atoms with E-state index in [0.717, 1.165) is 12.1 Å². The zero-order valence-electron chi connectivity index (χ0n) is 9.27. The molecular weight excluding hydrogens is 231 g/mol. The average Bonchev–Trinajstić information content (AvgIpc) is 2.23. The van der Waals surface area contributed by atoms with E-state index < -0.39 is 15.8 Å². The largest absolute Gasteiger partial charge is 0.398 e. The molecule has 0 saturated heterocycles. The lowest BCUT2D eigenvalue weighted by Gasteiger charge is -2.19. The molecule has 0 unspecified atom stereocenters. The van der Waals surface area contributed by atoms with Gasteiger partial charge in [0.1, 0.15) is 10.7 Å². The van der Waals surface area contributed by atoms with Crippen molar-refractivity contribution in [2.24, 2.45) is 0 Å². The number of halogens is 1. The lowest BCUT2D eigenvalue weighted by Crippen LogP contribution is -2.31. The van der Waals surface area contributed by atoms with Gasteiger partial charge in [-0.15, -0.1) is 0 Å². The number of sulfonamides is 1. The molecule has 0 amide bonds. The van der Waals surface area contributed by atoms with Gasteiger partial charge in [0.2, 0.25) is 10.0 Å². The van der Waals surface area contributed by atoms with Gasteiger partial charge >= 0.3 is 0 Å². The standard InChI is InChI=1S/C10H15FN2O2S/c1-3-13(4-2)16(14,15)10-7-8(11)5-6-9(10)12/h5-7H,3-4,12H2,1-2H3. The molecule has 4 nitrogen and oxygen atoms in total. The van der Waals surface area contributed by atoms with E-state index in [4.69, 9.17) is 5.73 Å². The molecule has 0 spiro atoms. The Kier molecular flexibility index (Phi) is 3.88. The van der Waals surface area contributed by atoms with Crippen molar-refractivity contribution in [2.45, 2.75) is 18.7 Å². The Morgan fingerprint density at radius 2 is 1.88 bits per heavy atom. The molecule has 1 aromatic rings. The van der Waals surface area contributed by atoms with Crippen LogP contribution in [-0.2, 0) is 10.0 Å². The molecule has 1 aromatic carbocycles. The summed E-state index contributed by atoms with van der Waals surface area (Å²) in [5.74, 6) is -0.611. The Labute approximate surface area is 94.9 Å². The van der Waals surface area contributed by atoms with Gasteiger partial charge in [0.25, 0.3) is 0 Å². The number of anilines is 1. The highest BCUT2D eigenvalue weighted by Gasteiger charge is 2.24. The zero-order valence-corrected chi connectivity index (χ0v) is 10.1. The van der Waals surface area contributed by atoms with E-state index in [9.17, 15) is 12.8 Å². The van der Waals surface area contributed by atoms with Crippen LogP contribution >= 0.6 is 0 Å². The molecule has 0 fully saturated rings. The predicted octanol–water partition coefficient (Wildman–Crippen LogP) is 1.44. The second-order valence-electron chi connectivity index (χ2n) is 3.27. The summed E-state index contributed by atoms with van der Waals surface area (Å²) in [6.07, 6.45) is 0. The first kappa shape index (κ1) is 12.9. The Balaban J connectivity index is 3.31. The normalized spacial score (nSPS) is 12.0. The molecule has 0 heterocycles. The second kappa shape index (κ2) is 4.80. The molecule has 0 radical (unpaired) electrons. The molecule has 0 bridgehead atoms. The highest BCUT2D eigenvalue weighted by molar-refractivity contribution is 7.89. The molecule has 1 rings (SSSR count). The average molecular weight is 246 g/mol. The van der Waals surface area contributed by atoms with E-state index in [1.807, 2.05) is 0 Å². The van der Waals surface area contributed by atoms with E-state index in [2.05, 4.69) is 0 Å². The monoisotopic (exact) mass is 246 g/mol. The van der Waals surface area contributed by atoms with Crippen LogP contribution in [-0.4, -0.2) is 25.8 Å². The summed E-state index contributed by atoms with van der Waals surface area (Å²) in [6.45, 7) is 4.09. The molecule has 0 aliphatic carbocycles. The predicted molar refractivity (Wildman–Crippen MR) is 60.9 cm³/mol. The third-order valence-electron chi connectivity index (χ3n) is 2.30. The molecule has 6 heteroatoms. The first-order chi connectivity index (χ1) is 7.43. The molecule has 0 aliphatic heterocycles. The zero-order chi connectivity index (χ0) is 12.3. The van der Waals surface area contributed by atoms with E-state index in [0.29, 0.717) is 13.1 Å². The fourth-order valence-corrected chi connectivity index (χ4v) is 3.02. The van der Waals surface area contributed by atoms with Crippen LogP contribution in [0.25, 0.3) is 0 Å². The maximum absolute atomic E-state index is 13.0. The summed E-state index contributed by atoms with van der Waals surface area (Å²) in [5.41, 5.74) is 5.61. The summed E-state index contributed by atoms with van der Waals surface area (Å²) in [4.78, 5) is -0.170. The van der Waals surface area contributed by atoms with Gasteiger partial charge in [-0.05, 0) is 18.2 Å². The first-order valence-corrected chi connectivity index (χ1v) is 6.42. The smallest absolute Gasteiger partial charge is 0.245 e. The third kappa shape index (κ3) is 2.33.